The zero-order chi connectivity index (χ0) is 9.68. The molecule has 1 nitrogen and oxygen atoms in total. The fraction of sp³-hybridized carbons (Fsp3) is 0.455. The van der Waals surface area contributed by atoms with Crippen LogP contribution >= 0.6 is 0 Å². The van der Waals surface area contributed by atoms with Gasteiger partial charge in [0, 0.05) is 0 Å². The van der Waals surface area contributed by atoms with Crippen LogP contribution in [0.3, 0.4) is 0 Å². The van der Waals surface area contributed by atoms with Gasteiger partial charge in [-0.15, -0.1) is 0 Å². The summed E-state index contributed by atoms with van der Waals surface area (Å²) in [4.78, 5) is 12.6. The quantitative estimate of drug-likeness (QED) is 0.576. The van der Waals surface area contributed by atoms with Gasteiger partial charge < -0.3 is 0 Å². The molecule has 0 saturated heterocycles. The normalized spacial score (nSPS) is 18.0. The van der Waals surface area contributed by atoms with Gasteiger partial charge >= 0.3 is 89.7 Å². The molecule has 0 fully saturated rings. The third-order valence-electron chi connectivity index (χ3n) is 2.14. The first-order valence-electron chi connectivity index (χ1n) is 4.40. The molecule has 0 bridgehead atoms. The summed E-state index contributed by atoms with van der Waals surface area (Å²) in [5, 5.41) is 0. The van der Waals surface area contributed by atoms with E-state index in [1.807, 2.05) is 12.0 Å². The number of hydrogen-bond donors (Lipinski definition) is 0. The van der Waals surface area contributed by atoms with Gasteiger partial charge in [0.25, 0.3) is 0 Å². The van der Waals surface area contributed by atoms with E-state index in [1.165, 1.54) is 12.0 Å². The molecule has 1 aliphatic rings. The van der Waals surface area contributed by atoms with Crippen LogP contribution in [0.15, 0.2) is 29.4 Å². The van der Waals surface area contributed by atoms with Crippen LogP contribution in [0.25, 0.3) is 0 Å². The molecule has 0 aromatic carbocycles. The van der Waals surface area contributed by atoms with Crippen LogP contribution in [-0.2, 0) is 4.79 Å². The predicted octanol–water partition coefficient (Wildman–Crippen LogP) is 2.58. The van der Waals surface area contributed by atoms with Crippen LogP contribution in [0.4, 0.5) is 0 Å². The van der Waals surface area contributed by atoms with Gasteiger partial charge in [-0.25, -0.2) is 0 Å². The Hall–Kier alpha value is -0.280. The SMILES string of the molecule is C[Te]C(C)CC1=CCC(=C=O)C=C1. The van der Waals surface area contributed by atoms with Crippen LogP contribution in [0, 0.1) is 0 Å². The third-order valence-corrected chi connectivity index (χ3v) is 4.91. The Balaban J connectivity index is 2.53. The van der Waals surface area contributed by atoms with Crippen molar-refractivity contribution >= 4 is 26.9 Å². The van der Waals surface area contributed by atoms with Crippen molar-refractivity contribution in [1.29, 1.82) is 0 Å². The van der Waals surface area contributed by atoms with E-state index in [2.05, 4.69) is 24.0 Å². The molecule has 0 heterocycles. The van der Waals surface area contributed by atoms with Crippen LogP contribution in [-0.4, -0.2) is 26.9 Å². The topological polar surface area (TPSA) is 17.1 Å². The first kappa shape index (κ1) is 10.8. The van der Waals surface area contributed by atoms with E-state index in [-0.39, 0.29) is 20.9 Å². The van der Waals surface area contributed by atoms with Crippen molar-refractivity contribution in [3.8, 4) is 0 Å². The summed E-state index contributed by atoms with van der Waals surface area (Å²) >= 11 is 0.186. The zero-order valence-electron chi connectivity index (χ0n) is 8.04. The molecule has 70 valence electrons. The van der Waals surface area contributed by atoms with Crippen molar-refractivity contribution in [1.82, 2.24) is 0 Å². The van der Waals surface area contributed by atoms with Gasteiger partial charge in [-0.05, 0) is 0 Å². The fourth-order valence-corrected chi connectivity index (χ4v) is 2.25. The summed E-state index contributed by atoms with van der Waals surface area (Å²) in [6.07, 6.45) is 8.06. The fourth-order valence-electron chi connectivity index (χ4n) is 1.23. The average Bonchev–Trinajstić information content (AvgIpc) is 2.19. The Morgan fingerprint density at radius 1 is 1.62 bits per heavy atom. The summed E-state index contributed by atoms with van der Waals surface area (Å²) < 4.78 is 0.864. The second kappa shape index (κ2) is 5.45. The van der Waals surface area contributed by atoms with Crippen molar-refractivity contribution < 1.29 is 4.79 Å². The maximum absolute atomic E-state index is 10.3. The van der Waals surface area contributed by atoms with E-state index in [0.717, 1.165) is 16.0 Å². The number of allylic oxidation sites excluding steroid dienone is 5. The molecule has 0 aliphatic heterocycles. The molecule has 0 aromatic rings. The Morgan fingerprint density at radius 2 is 2.38 bits per heavy atom. The van der Waals surface area contributed by atoms with E-state index in [1.54, 1.807) is 0 Å². The summed E-state index contributed by atoms with van der Waals surface area (Å²) in [6.45, 7) is 2.31. The molecule has 0 amide bonds. The summed E-state index contributed by atoms with van der Waals surface area (Å²) in [7, 11) is 0. The van der Waals surface area contributed by atoms with Gasteiger partial charge in [0.1, 0.15) is 0 Å². The Kier molecular flexibility index (Phi) is 4.53. The zero-order valence-corrected chi connectivity index (χ0v) is 10.4. The molecule has 0 spiro atoms. The van der Waals surface area contributed by atoms with Crippen molar-refractivity contribution in [2.24, 2.45) is 0 Å². The van der Waals surface area contributed by atoms with Gasteiger partial charge in [-0.2, -0.15) is 0 Å². The number of hydrogen-bond acceptors (Lipinski definition) is 1. The Labute approximate surface area is 89.7 Å². The molecular formula is C11H14OTe. The van der Waals surface area contributed by atoms with E-state index in [0.29, 0.717) is 0 Å². The Morgan fingerprint density at radius 3 is 2.85 bits per heavy atom. The summed E-state index contributed by atoms with van der Waals surface area (Å²) in [6, 6.07) is 0. The molecule has 0 radical (unpaired) electrons. The van der Waals surface area contributed by atoms with Crippen molar-refractivity contribution in [3.63, 3.8) is 0 Å². The molecule has 1 aliphatic carbocycles. The van der Waals surface area contributed by atoms with Gasteiger partial charge in [-0.1, -0.05) is 0 Å². The second-order valence-electron chi connectivity index (χ2n) is 3.19. The molecule has 0 N–H and O–H groups in total. The first-order valence-corrected chi connectivity index (χ1v) is 8.07. The molecule has 2 heteroatoms. The average molecular weight is 290 g/mol. The van der Waals surface area contributed by atoms with Crippen molar-refractivity contribution in [2.45, 2.75) is 28.7 Å². The third kappa shape index (κ3) is 3.53. The maximum atomic E-state index is 10.3. The Bertz CT molecular complexity index is 282. The van der Waals surface area contributed by atoms with E-state index in [4.69, 9.17) is 0 Å². The first-order chi connectivity index (χ1) is 6.26. The van der Waals surface area contributed by atoms with Gasteiger partial charge in [-0.3, -0.25) is 0 Å². The van der Waals surface area contributed by atoms with Crippen LogP contribution in [0.2, 0.25) is 8.94 Å². The van der Waals surface area contributed by atoms with Gasteiger partial charge in [0.2, 0.25) is 0 Å². The van der Waals surface area contributed by atoms with Crippen LogP contribution in [0.5, 0.6) is 0 Å². The minimum absolute atomic E-state index is 0.186. The molecule has 0 saturated carbocycles. The molecule has 13 heavy (non-hydrogen) atoms. The second-order valence-corrected chi connectivity index (χ2v) is 6.84. The van der Waals surface area contributed by atoms with Gasteiger partial charge in [0.05, 0.1) is 0 Å². The monoisotopic (exact) mass is 292 g/mol. The summed E-state index contributed by atoms with van der Waals surface area (Å²) in [5.74, 6) is 1.94. The van der Waals surface area contributed by atoms with Crippen LogP contribution < -0.4 is 0 Å². The van der Waals surface area contributed by atoms with E-state index in [9.17, 15) is 4.79 Å². The molecular weight excluding hydrogens is 276 g/mol. The standard InChI is InChI=1S/C11H14OTe/c1-9(13-2)7-10-3-5-11(8-12)6-4-10/h3-5,9H,6-7H2,1-2H3. The summed E-state index contributed by atoms with van der Waals surface area (Å²) in [5.41, 5.74) is 2.16. The molecule has 1 unspecified atom stereocenters. The molecule has 0 aromatic heterocycles. The predicted molar refractivity (Wildman–Crippen MR) is 56.7 cm³/mol. The van der Waals surface area contributed by atoms with Crippen molar-refractivity contribution in [2.75, 3.05) is 0 Å². The number of carbonyl (C=O) groups excluding carboxylic acids is 1. The van der Waals surface area contributed by atoms with E-state index < -0.39 is 0 Å². The van der Waals surface area contributed by atoms with Crippen molar-refractivity contribution in [3.05, 3.63) is 29.4 Å². The number of rotatable bonds is 3. The van der Waals surface area contributed by atoms with Crippen LogP contribution in [0.1, 0.15) is 19.8 Å². The molecule has 1 rings (SSSR count). The van der Waals surface area contributed by atoms with Gasteiger partial charge in [0.15, 0.2) is 0 Å². The molecule has 1 atom stereocenters. The van der Waals surface area contributed by atoms with E-state index >= 15 is 0 Å². The minimum atomic E-state index is 0.186.